The molecule has 9 heteroatoms. The molecule has 0 unspecified atom stereocenters. The number of piperazine rings is 1. The average molecular weight is 398 g/mol. The summed E-state index contributed by atoms with van der Waals surface area (Å²) in [7, 11) is -3.50. The van der Waals surface area contributed by atoms with Gasteiger partial charge < -0.3 is 15.5 Å². The topological polar surface area (TPSA) is 100 Å². The van der Waals surface area contributed by atoms with Gasteiger partial charge in [-0.1, -0.05) is 17.7 Å². The average Bonchev–Trinajstić information content (AvgIpc) is 2.62. The number of nitrogens with zero attached hydrogens (tertiary/aromatic N) is 1. The van der Waals surface area contributed by atoms with Gasteiger partial charge in [0.1, 0.15) is 6.04 Å². The summed E-state index contributed by atoms with van der Waals surface area (Å²) in [5.74, 6) is -0.423. The van der Waals surface area contributed by atoms with Crippen molar-refractivity contribution in [2.24, 2.45) is 0 Å². The molecule has 0 spiro atoms. The Hall–Kier alpha value is -1.97. The lowest BCUT2D eigenvalue weighted by Gasteiger charge is -2.31. The van der Waals surface area contributed by atoms with Gasteiger partial charge in [0.05, 0.1) is 31.1 Å². The predicted octanol–water partition coefficient (Wildman–Crippen LogP) is -1.47. The monoisotopic (exact) mass is 397 g/mol. The molecule has 0 aromatic heterocycles. The van der Waals surface area contributed by atoms with E-state index in [-0.39, 0.29) is 18.4 Å². The minimum Gasteiger partial charge on any atom is -0.355 e. The summed E-state index contributed by atoms with van der Waals surface area (Å²) in [4.78, 5) is 25.1. The van der Waals surface area contributed by atoms with Crippen LogP contribution >= 0.6 is 0 Å². The van der Waals surface area contributed by atoms with Crippen molar-refractivity contribution >= 4 is 21.8 Å². The minimum absolute atomic E-state index is 0.210. The maximum Gasteiger partial charge on any atom is 0.275 e. The molecular formula is C18H29N4O4S+. The van der Waals surface area contributed by atoms with E-state index in [1.165, 1.54) is 4.31 Å². The van der Waals surface area contributed by atoms with Crippen LogP contribution in [0.1, 0.15) is 19.4 Å². The molecule has 1 aromatic rings. The number of nitrogens with one attached hydrogen (secondary N) is 3. The number of carbonyl (C=O) groups is 2. The summed E-state index contributed by atoms with van der Waals surface area (Å²) >= 11 is 0. The van der Waals surface area contributed by atoms with Gasteiger partial charge in [-0.2, -0.15) is 4.31 Å². The van der Waals surface area contributed by atoms with Gasteiger partial charge in [0, 0.05) is 6.54 Å². The summed E-state index contributed by atoms with van der Waals surface area (Å²) in [6.45, 7) is 7.95. The van der Waals surface area contributed by atoms with Crippen molar-refractivity contribution in [1.82, 2.24) is 14.9 Å². The van der Waals surface area contributed by atoms with Crippen molar-refractivity contribution in [2.75, 3.05) is 39.3 Å². The molecule has 0 saturated carbocycles. The number of rotatable bonds is 7. The van der Waals surface area contributed by atoms with E-state index < -0.39 is 16.1 Å². The standard InChI is InChI=1S/C18H28N4O4S/c1-4-19-18(24)15(3)20-17(23)13-21-9-11-22(12-10-21)27(25,26)16-7-5-14(2)6-8-16/h5-8,15H,4,9-13H2,1-3H3,(H,19,24)(H,20,23)/p+1/t15-/m0/s1. The third-order valence-corrected chi connectivity index (χ3v) is 6.53. The first-order valence-electron chi connectivity index (χ1n) is 9.21. The number of benzene rings is 1. The summed E-state index contributed by atoms with van der Waals surface area (Å²) in [5.41, 5.74) is 1.01. The van der Waals surface area contributed by atoms with Gasteiger partial charge >= 0.3 is 0 Å². The minimum atomic E-state index is -3.50. The predicted molar refractivity (Wildman–Crippen MR) is 102 cm³/mol. The lowest BCUT2D eigenvalue weighted by molar-refractivity contribution is -0.895. The first-order chi connectivity index (χ1) is 12.7. The molecule has 1 saturated heterocycles. The van der Waals surface area contributed by atoms with Gasteiger partial charge in [-0.3, -0.25) is 9.59 Å². The van der Waals surface area contributed by atoms with E-state index in [1.807, 2.05) is 13.8 Å². The van der Waals surface area contributed by atoms with Gasteiger partial charge in [0.25, 0.3) is 5.91 Å². The fourth-order valence-electron chi connectivity index (χ4n) is 2.99. The van der Waals surface area contributed by atoms with Crippen LogP contribution in [0.2, 0.25) is 0 Å². The van der Waals surface area contributed by atoms with Crippen molar-refractivity contribution < 1.29 is 22.9 Å². The maximum absolute atomic E-state index is 12.7. The molecule has 0 bridgehead atoms. The number of hydrogen-bond acceptors (Lipinski definition) is 4. The maximum atomic E-state index is 12.7. The highest BCUT2D eigenvalue weighted by atomic mass is 32.2. The molecule has 2 rings (SSSR count). The SMILES string of the molecule is CCNC(=O)[C@H](C)NC(=O)C[NH+]1CCN(S(=O)(=O)c2ccc(C)cc2)CC1. The first kappa shape index (κ1) is 21.3. The van der Waals surface area contributed by atoms with Crippen LogP contribution in [-0.2, 0) is 19.6 Å². The number of likely N-dealkylation sites (N-methyl/N-ethyl adjacent to an activating group) is 1. The third kappa shape index (κ3) is 5.75. The highest BCUT2D eigenvalue weighted by Gasteiger charge is 2.31. The Labute approximate surface area is 161 Å². The highest BCUT2D eigenvalue weighted by Crippen LogP contribution is 2.16. The van der Waals surface area contributed by atoms with Crippen LogP contribution in [0.15, 0.2) is 29.2 Å². The Kier molecular flexibility index (Phi) is 7.34. The van der Waals surface area contributed by atoms with Gasteiger partial charge in [0.15, 0.2) is 6.54 Å². The molecule has 1 heterocycles. The van der Waals surface area contributed by atoms with Crippen LogP contribution in [0, 0.1) is 6.92 Å². The van der Waals surface area contributed by atoms with E-state index in [4.69, 9.17) is 0 Å². The molecule has 1 atom stereocenters. The fourth-order valence-corrected chi connectivity index (χ4v) is 4.43. The van der Waals surface area contributed by atoms with Crippen LogP contribution in [0.4, 0.5) is 0 Å². The lowest BCUT2D eigenvalue weighted by Crippen LogP contribution is -3.15. The number of amides is 2. The molecule has 27 heavy (non-hydrogen) atoms. The molecule has 0 aliphatic carbocycles. The summed E-state index contributed by atoms with van der Waals surface area (Å²) in [6.07, 6.45) is 0. The Bertz CT molecular complexity index is 756. The van der Waals surface area contributed by atoms with Crippen molar-refractivity contribution in [3.63, 3.8) is 0 Å². The van der Waals surface area contributed by atoms with E-state index in [9.17, 15) is 18.0 Å². The van der Waals surface area contributed by atoms with E-state index in [2.05, 4.69) is 10.6 Å². The van der Waals surface area contributed by atoms with E-state index in [0.29, 0.717) is 37.6 Å². The lowest BCUT2D eigenvalue weighted by atomic mass is 10.2. The van der Waals surface area contributed by atoms with Crippen molar-refractivity contribution in [3.8, 4) is 0 Å². The first-order valence-corrected chi connectivity index (χ1v) is 10.7. The van der Waals surface area contributed by atoms with Gasteiger partial charge in [0.2, 0.25) is 15.9 Å². The Morgan fingerprint density at radius 3 is 2.33 bits per heavy atom. The van der Waals surface area contributed by atoms with Crippen LogP contribution in [0.5, 0.6) is 0 Å². The number of hydrogen-bond donors (Lipinski definition) is 3. The second-order valence-electron chi connectivity index (χ2n) is 6.83. The van der Waals surface area contributed by atoms with E-state index >= 15 is 0 Å². The molecule has 150 valence electrons. The van der Waals surface area contributed by atoms with E-state index in [0.717, 1.165) is 10.5 Å². The van der Waals surface area contributed by atoms with Gasteiger partial charge in [-0.05, 0) is 32.9 Å². The van der Waals surface area contributed by atoms with Gasteiger partial charge in [-0.15, -0.1) is 0 Å². The number of aryl methyl sites for hydroxylation is 1. The zero-order valence-corrected chi connectivity index (χ0v) is 16.9. The smallest absolute Gasteiger partial charge is 0.275 e. The van der Waals surface area contributed by atoms with Crippen LogP contribution in [-0.4, -0.2) is 69.8 Å². The zero-order valence-electron chi connectivity index (χ0n) is 16.1. The van der Waals surface area contributed by atoms with Crippen molar-refractivity contribution in [1.29, 1.82) is 0 Å². The Morgan fingerprint density at radius 2 is 1.78 bits per heavy atom. The quantitative estimate of drug-likeness (QED) is 0.523. The summed E-state index contributed by atoms with van der Waals surface area (Å²) in [6, 6.07) is 6.24. The summed E-state index contributed by atoms with van der Waals surface area (Å²) in [5, 5.41) is 5.34. The molecule has 1 aromatic carbocycles. The number of quaternary nitrogens is 1. The van der Waals surface area contributed by atoms with Crippen molar-refractivity contribution in [2.45, 2.75) is 31.7 Å². The number of sulfonamides is 1. The third-order valence-electron chi connectivity index (χ3n) is 4.62. The molecule has 1 fully saturated rings. The van der Waals surface area contributed by atoms with E-state index in [1.54, 1.807) is 31.2 Å². The summed E-state index contributed by atoms with van der Waals surface area (Å²) < 4.78 is 26.9. The number of carbonyl (C=O) groups excluding carboxylic acids is 2. The van der Waals surface area contributed by atoms with Crippen LogP contribution in [0.25, 0.3) is 0 Å². The Morgan fingerprint density at radius 1 is 1.19 bits per heavy atom. The molecule has 0 radical (unpaired) electrons. The molecule has 2 amide bonds. The molecule has 1 aliphatic heterocycles. The second-order valence-corrected chi connectivity index (χ2v) is 8.77. The second kappa shape index (κ2) is 9.29. The fraction of sp³-hybridized carbons (Fsp3) is 0.556. The molecule has 8 nitrogen and oxygen atoms in total. The normalized spacial score (nSPS) is 17.3. The van der Waals surface area contributed by atoms with Crippen molar-refractivity contribution in [3.05, 3.63) is 29.8 Å². The highest BCUT2D eigenvalue weighted by molar-refractivity contribution is 7.89. The zero-order chi connectivity index (χ0) is 20.0. The van der Waals surface area contributed by atoms with Crippen LogP contribution in [0.3, 0.4) is 0 Å². The molecule has 1 aliphatic rings. The van der Waals surface area contributed by atoms with Gasteiger partial charge in [-0.25, -0.2) is 8.42 Å². The van der Waals surface area contributed by atoms with Crippen LogP contribution < -0.4 is 15.5 Å². The molecule has 3 N–H and O–H groups in total. The molecular weight excluding hydrogens is 368 g/mol. The Balaban J connectivity index is 1.85. The largest absolute Gasteiger partial charge is 0.355 e.